The molecule has 0 aliphatic carbocycles. The van der Waals surface area contributed by atoms with Gasteiger partial charge in [-0.2, -0.15) is 5.01 Å². The van der Waals surface area contributed by atoms with Crippen LogP contribution in [0.1, 0.15) is 21.5 Å². The van der Waals surface area contributed by atoms with Gasteiger partial charge in [0.05, 0.1) is 16.2 Å². The standard InChI is InChI=1S/C21H15N3O5S2/c1-11-6-2-3-7-12(11)18(27)22-24-20(29)17(31-21(24)30)16-13-8-4-5-9-14(13)23(19(16)28)10-15(25)26/h2-9H,10H2,1H3,(H,22,27)(H,25,26). The van der Waals surface area contributed by atoms with Crippen molar-refractivity contribution in [3.63, 3.8) is 0 Å². The van der Waals surface area contributed by atoms with Gasteiger partial charge in [0, 0.05) is 11.1 Å². The van der Waals surface area contributed by atoms with Gasteiger partial charge in [0.1, 0.15) is 6.54 Å². The molecule has 2 aromatic carbocycles. The van der Waals surface area contributed by atoms with Gasteiger partial charge < -0.3 is 5.11 Å². The van der Waals surface area contributed by atoms with Crippen molar-refractivity contribution in [3.05, 3.63) is 70.1 Å². The van der Waals surface area contributed by atoms with E-state index in [-0.39, 0.29) is 14.8 Å². The van der Waals surface area contributed by atoms with Crippen LogP contribution in [-0.4, -0.2) is 44.7 Å². The summed E-state index contributed by atoms with van der Waals surface area (Å²) in [5.74, 6) is -2.93. The summed E-state index contributed by atoms with van der Waals surface area (Å²) in [5, 5.41) is 10.1. The highest BCUT2D eigenvalue weighted by Crippen LogP contribution is 2.44. The molecule has 2 N–H and O–H groups in total. The molecule has 1 fully saturated rings. The normalized spacial score (nSPS) is 17.9. The molecule has 2 heterocycles. The molecule has 10 heteroatoms. The van der Waals surface area contributed by atoms with E-state index in [4.69, 9.17) is 12.2 Å². The first-order valence-electron chi connectivity index (χ1n) is 9.09. The fourth-order valence-corrected chi connectivity index (χ4v) is 4.65. The number of carboxylic acids is 1. The molecule has 0 saturated carbocycles. The molecule has 31 heavy (non-hydrogen) atoms. The van der Waals surface area contributed by atoms with Crippen LogP contribution in [0.4, 0.5) is 5.69 Å². The monoisotopic (exact) mass is 453 g/mol. The molecule has 0 unspecified atom stereocenters. The Morgan fingerprint density at radius 2 is 1.74 bits per heavy atom. The predicted octanol–water partition coefficient (Wildman–Crippen LogP) is 2.34. The second-order valence-electron chi connectivity index (χ2n) is 6.77. The number of carbonyl (C=O) groups is 4. The summed E-state index contributed by atoms with van der Waals surface area (Å²) < 4.78 is 0.0661. The van der Waals surface area contributed by atoms with Gasteiger partial charge in [-0.25, -0.2) is 0 Å². The van der Waals surface area contributed by atoms with Crippen LogP contribution < -0.4 is 10.3 Å². The number of hydrogen-bond acceptors (Lipinski definition) is 6. The minimum absolute atomic E-state index is 0.0421. The Kier molecular flexibility index (Phi) is 5.34. The third-order valence-corrected chi connectivity index (χ3v) is 6.19. The van der Waals surface area contributed by atoms with E-state index in [0.29, 0.717) is 16.8 Å². The highest BCUT2D eigenvalue weighted by Gasteiger charge is 2.43. The molecule has 2 aromatic rings. The number of aryl methyl sites for hydroxylation is 1. The minimum Gasteiger partial charge on any atom is -0.480 e. The quantitative estimate of drug-likeness (QED) is 0.541. The summed E-state index contributed by atoms with van der Waals surface area (Å²) in [4.78, 5) is 51.1. The average molecular weight is 454 g/mol. The predicted molar refractivity (Wildman–Crippen MR) is 119 cm³/mol. The highest BCUT2D eigenvalue weighted by atomic mass is 32.2. The Balaban J connectivity index is 1.69. The number of thioether (sulfide) groups is 1. The zero-order valence-corrected chi connectivity index (χ0v) is 17.8. The van der Waals surface area contributed by atoms with Crippen LogP contribution in [0.5, 0.6) is 0 Å². The topological polar surface area (TPSA) is 107 Å². The number of hydrogen-bond donors (Lipinski definition) is 2. The maximum Gasteiger partial charge on any atom is 0.323 e. The van der Waals surface area contributed by atoms with Gasteiger partial charge in [0.25, 0.3) is 17.7 Å². The Morgan fingerprint density at radius 3 is 2.45 bits per heavy atom. The van der Waals surface area contributed by atoms with Gasteiger partial charge in [0.15, 0.2) is 4.32 Å². The highest BCUT2D eigenvalue weighted by molar-refractivity contribution is 8.26. The van der Waals surface area contributed by atoms with Crippen LogP contribution in [0.15, 0.2) is 53.4 Å². The van der Waals surface area contributed by atoms with Crippen molar-refractivity contribution in [1.82, 2.24) is 10.4 Å². The zero-order chi connectivity index (χ0) is 22.3. The molecule has 2 aliphatic heterocycles. The summed E-state index contributed by atoms with van der Waals surface area (Å²) in [6.45, 7) is 1.23. The lowest BCUT2D eigenvalue weighted by Gasteiger charge is -2.16. The summed E-state index contributed by atoms with van der Waals surface area (Å²) in [5.41, 5.74) is 4.54. The van der Waals surface area contributed by atoms with Gasteiger partial charge in [-0.3, -0.25) is 29.5 Å². The van der Waals surface area contributed by atoms with E-state index in [2.05, 4.69) is 5.43 Å². The number of carbonyl (C=O) groups excluding carboxylic acids is 3. The fraction of sp³-hybridized carbons (Fsp3) is 0.0952. The Bertz CT molecular complexity index is 1210. The molecular weight excluding hydrogens is 438 g/mol. The van der Waals surface area contributed by atoms with Crippen LogP contribution in [0, 0.1) is 6.92 Å². The first-order chi connectivity index (χ1) is 14.8. The van der Waals surface area contributed by atoms with Crippen LogP contribution in [0.3, 0.4) is 0 Å². The number of benzene rings is 2. The largest absolute Gasteiger partial charge is 0.480 e. The van der Waals surface area contributed by atoms with Crippen molar-refractivity contribution in [2.24, 2.45) is 0 Å². The molecule has 0 bridgehead atoms. The van der Waals surface area contributed by atoms with Gasteiger partial charge in [-0.05, 0) is 36.8 Å². The molecule has 0 aromatic heterocycles. The molecule has 1 saturated heterocycles. The van der Waals surface area contributed by atoms with Gasteiger partial charge in [-0.15, -0.1) is 0 Å². The summed E-state index contributed by atoms with van der Waals surface area (Å²) in [6, 6.07) is 13.5. The lowest BCUT2D eigenvalue weighted by molar-refractivity contribution is -0.136. The van der Waals surface area contributed by atoms with Crippen LogP contribution in [-0.2, 0) is 14.4 Å². The number of nitrogens with zero attached hydrogens (tertiary/aromatic N) is 2. The SMILES string of the molecule is Cc1ccccc1C(=O)NN1C(=O)C(=C2C(=O)N(CC(=O)O)c3ccccc32)SC1=S. The summed E-state index contributed by atoms with van der Waals surface area (Å²) >= 11 is 6.15. The Morgan fingerprint density at radius 1 is 1.06 bits per heavy atom. The number of anilines is 1. The van der Waals surface area contributed by atoms with Crippen LogP contribution >= 0.6 is 24.0 Å². The molecular formula is C21H15N3O5S2. The maximum atomic E-state index is 13.1. The van der Waals surface area contributed by atoms with Gasteiger partial charge in [-0.1, -0.05) is 48.2 Å². The average Bonchev–Trinajstić information content (AvgIpc) is 3.16. The van der Waals surface area contributed by atoms with Crippen LogP contribution in [0.25, 0.3) is 5.57 Å². The second kappa shape index (κ2) is 7.97. The van der Waals surface area contributed by atoms with E-state index in [9.17, 15) is 24.3 Å². The fourth-order valence-electron chi connectivity index (χ4n) is 3.40. The third-order valence-electron chi connectivity index (χ3n) is 4.82. The molecule has 156 valence electrons. The molecule has 3 amide bonds. The second-order valence-corrected chi connectivity index (χ2v) is 8.41. The van der Waals surface area contributed by atoms with Crippen molar-refractivity contribution in [2.75, 3.05) is 11.4 Å². The van der Waals surface area contributed by atoms with Crippen molar-refractivity contribution >= 4 is 63.3 Å². The molecule has 0 atom stereocenters. The number of rotatable bonds is 4. The van der Waals surface area contributed by atoms with Crippen molar-refractivity contribution in [3.8, 4) is 0 Å². The number of hydrazine groups is 1. The lowest BCUT2D eigenvalue weighted by Crippen LogP contribution is -2.45. The van der Waals surface area contributed by atoms with E-state index in [1.807, 2.05) is 0 Å². The van der Waals surface area contributed by atoms with E-state index in [0.717, 1.165) is 27.2 Å². The van der Waals surface area contributed by atoms with E-state index in [1.54, 1.807) is 55.5 Å². The molecule has 4 rings (SSSR count). The number of thiocarbonyl (C=S) groups is 1. The third kappa shape index (κ3) is 3.60. The first-order valence-corrected chi connectivity index (χ1v) is 10.3. The summed E-state index contributed by atoms with van der Waals surface area (Å²) in [7, 11) is 0. The van der Waals surface area contributed by atoms with Gasteiger partial charge in [0.2, 0.25) is 0 Å². The van der Waals surface area contributed by atoms with E-state index < -0.39 is 30.2 Å². The van der Waals surface area contributed by atoms with Crippen molar-refractivity contribution in [1.29, 1.82) is 0 Å². The molecule has 0 spiro atoms. The summed E-state index contributed by atoms with van der Waals surface area (Å²) in [6.07, 6.45) is 0. The van der Waals surface area contributed by atoms with Crippen LogP contribution in [0.2, 0.25) is 0 Å². The van der Waals surface area contributed by atoms with Gasteiger partial charge >= 0.3 is 5.97 Å². The molecule has 0 radical (unpaired) electrons. The van der Waals surface area contributed by atoms with E-state index in [1.165, 1.54) is 0 Å². The number of para-hydroxylation sites is 1. The smallest absolute Gasteiger partial charge is 0.323 e. The minimum atomic E-state index is -1.18. The number of nitrogens with one attached hydrogen (secondary N) is 1. The maximum absolute atomic E-state index is 13.1. The molecule has 2 aliphatic rings. The number of aliphatic carboxylic acids is 1. The lowest BCUT2D eigenvalue weighted by atomic mass is 10.1. The zero-order valence-electron chi connectivity index (χ0n) is 16.1. The van der Waals surface area contributed by atoms with Crippen molar-refractivity contribution in [2.45, 2.75) is 6.92 Å². The number of amides is 3. The van der Waals surface area contributed by atoms with E-state index >= 15 is 0 Å². The number of carboxylic acid groups (broad SMARTS) is 1. The Hall–Kier alpha value is -3.50. The molecule has 8 nitrogen and oxygen atoms in total. The Labute approximate surface area is 186 Å². The van der Waals surface area contributed by atoms with Crippen molar-refractivity contribution < 1.29 is 24.3 Å². The first kappa shape index (κ1) is 20.8. The number of fused-ring (bicyclic) bond motifs is 1.